The fourth-order valence-electron chi connectivity index (χ4n) is 3.76. The van der Waals surface area contributed by atoms with Crippen molar-refractivity contribution in [2.75, 3.05) is 0 Å². The monoisotopic (exact) mass is 347 g/mol. The Balaban J connectivity index is 1.68. The lowest BCUT2D eigenvalue weighted by molar-refractivity contribution is 0.194. The number of nitrogens with one attached hydrogen (secondary N) is 1. The van der Waals surface area contributed by atoms with Crippen molar-refractivity contribution < 1.29 is 9.90 Å². The maximum Gasteiger partial charge on any atom is 0.404 e. The van der Waals surface area contributed by atoms with E-state index in [9.17, 15) is 4.79 Å². The molecule has 26 heavy (non-hydrogen) atoms. The number of hydrogen-bond donors (Lipinski definition) is 2. The van der Waals surface area contributed by atoms with Gasteiger partial charge in [-0.25, -0.2) is 4.79 Å². The van der Waals surface area contributed by atoms with Crippen molar-refractivity contribution in [3.63, 3.8) is 0 Å². The van der Waals surface area contributed by atoms with Gasteiger partial charge in [0.1, 0.15) is 0 Å². The lowest BCUT2D eigenvalue weighted by Gasteiger charge is -2.06. The lowest BCUT2D eigenvalue weighted by atomic mass is 10.1. The molecule has 5 nitrogen and oxygen atoms in total. The fraction of sp³-hybridized carbons (Fsp3) is 0.238. The zero-order chi connectivity index (χ0) is 18.1. The number of aliphatic imine (C=N–C) groups is 1. The number of benzene rings is 2. The van der Waals surface area contributed by atoms with Crippen LogP contribution in [0, 0.1) is 0 Å². The van der Waals surface area contributed by atoms with Gasteiger partial charge < -0.3 is 15.0 Å². The molecule has 0 saturated heterocycles. The summed E-state index contributed by atoms with van der Waals surface area (Å²) in [5, 5.41) is 12.4. The second kappa shape index (κ2) is 6.67. The molecule has 1 heterocycles. The van der Waals surface area contributed by atoms with Crippen molar-refractivity contribution in [1.29, 1.82) is 0 Å². The second-order valence-corrected chi connectivity index (χ2v) is 6.64. The highest BCUT2D eigenvalue weighted by molar-refractivity contribution is 6.09. The molecule has 0 radical (unpaired) electrons. The Morgan fingerprint density at radius 1 is 1.15 bits per heavy atom. The van der Waals surface area contributed by atoms with Crippen LogP contribution in [0.2, 0.25) is 0 Å². The minimum absolute atomic E-state index is 0.323. The normalized spacial score (nSPS) is 14.7. The van der Waals surface area contributed by atoms with Gasteiger partial charge in [-0.2, -0.15) is 0 Å². The molecule has 1 aliphatic carbocycles. The number of rotatable bonds is 4. The average molecular weight is 347 g/mol. The van der Waals surface area contributed by atoms with Crippen LogP contribution in [-0.2, 0) is 26.6 Å². The van der Waals surface area contributed by atoms with Crippen LogP contribution in [0.5, 0.6) is 0 Å². The first-order valence-corrected chi connectivity index (χ1v) is 8.78. The number of amides is 1. The SMILES string of the molecule is Cn1c2c(c3cc(CNC(=O)O)ccc31)CCC2=NCc1ccccc1. The Morgan fingerprint density at radius 2 is 1.96 bits per heavy atom. The van der Waals surface area contributed by atoms with Crippen molar-refractivity contribution in [1.82, 2.24) is 9.88 Å². The number of carbonyl (C=O) groups is 1. The van der Waals surface area contributed by atoms with Crippen LogP contribution in [0.4, 0.5) is 4.79 Å². The van der Waals surface area contributed by atoms with Gasteiger partial charge in [0.25, 0.3) is 0 Å². The molecule has 0 fully saturated rings. The van der Waals surface area contributed by atoms with Gasteiger partial charge in [-0.1, -0.05) is 36.4 Å². The predicted molar refractivity (Wildman–Crippen MR) is 103 cm³/mol. The summed E-state index contributed by atoms with van der Waals surface area (Å²) in [5.74, 6) is 0. The Bertz CT molecular complexity index is 1000. The minimum Gasteiger partial charge on any atom is -0.465 e. The van der Waals surface area contributed by atoms with Gasteiger partial charge in [0.05, 0.1) is 18.0 Å². The molecule has 5 heteroatoms. The van der Waals surface area contributed by atoms with Gasteiger partial charge in [0, 0.05) is 24.5 Å². The van der Waals surface area contributed by atoms with E-state index in [-0.39, 0.29) is 0 Å². The third kappa shape index (κ3) is 2.96. The van der Waals surface area contributed by atoms with Crippen molar-refractivity contribution >= 4 is 22.7 Å². The zero-order valence-corrected chi connectivity index (χ0v) is 14.7. The summed E-state index contributed by atoms with van der Waals surface area (Å²) in [7, 11) is 2.08. The van der Waals surface area contributed by atoms with Crippen molar-refractivity contribution in [2.24, 2.45) is 12.0 Å². The molecule has 4 rings (SSSR count). The fourth-order valence-corrected chi connectivity index (χ4v) is 3.76. The van der Waals surface area contributed by atoms with Gasteiger partial charge in [-0.05, 0) is 41.7 Å². The standard InChI is InChI=1S/C21H21N3O2/c1-24-19-10-7-15(13-23-21(25)26)11-17(19)16-8-9-18(20(16)24)22-12-14-5-3-2-4-6-14/h2-7,10-11,23H,8-9,12-13H2,1H3,(H,25,26). The van der Waals surface area contributed by atoms with Gasteiger partial charge >= 0.3 is 6.09 Å². The van der Waals surface area contributed by atoms with Gasteiger partial charge in [0.15, 0.2) is 0 Å². The largest absolute Gasteiger partial charge is 0.465 e. The van der Waals surface area contributed by atoms with Crippen LogP contribution >= 0.6 is 0 Å². The van der Waals surface area contributed by atoms with Crippen LogP contribution in [0.3, 0.4) is 0 Å². The van der Waals surface area contributed by atoms with E-state index >= 15 is 0 Å². The molecule has 2 aromatic carbocycles. The molecule has 1 aliphatic rings. The van der Waals surface area contributed by atoms with E-state index < -0.39 is 6.09 Å². The Hall–Kier alpha value is -3.08. The smallest absolute Gasteiger partial charge is 0.404 e. The van der Waals surface area contributed by atoms with Crippen LogP contribution in [0.25, 0.3) is 10.9 Å². The van der Waals surface area contributed by atoms with E-state index in [1.807, 2.05) is 24.3 Å². The van der Waals surface area contributed by atoms with E-state index in [1.54, 1.807) is 0 Å². The molecule has 1 aromatic heterocycles. The highest BCUT2D eigenvalue weighted by Crippen LogP contribution is 2.33. The lowest BCUT2D eigenvalue weighted by Crippen LogP contribution is -2.19. The maximum atomic E-state index is 10.7. The molecule has 0 spiro atoms. The maximum absolute atomic E-state index is 10.7. The molecule has 0 atom stereocenters. The zero-order valence-electron chi connectivity index (χ0n) is 14.7. The highest BCUT2D eigenvalue weighted by Gasteiger charge is 2.25. The summed E-state index contributed by atoms with van der Waals surface area (Å²) in [6.07, 6.45) is 0.938. The molecule has 1 amide bonds. The molecule has 0 aliphatic heterocycles. The third-order valence-corrected chi connectivity index (χ3v) is 4.99. The number of hydrogen-bond acceptors (Lipinski definition) is 2. The number of nitrogens with zero attached hydrogens (tertiary/aromatic N) is 2. The second-order valence-electron chi connectivity index (χ2n) is 6.64. The van der Waals surface area contributed by atoms with Crippen LogP contribution in [-0.4, -0.2) is 21.5 Å². The predicted octanol–water partition coefficient (Wildman–Crippen LogP) is 3.88. The van der Waals surface area contributed by atoms with Crippen LogP contribution in [0.1, 0.15) is 28.8 Å². The Labute approximate surface area is 152 Å². The molecule has 132 valence electrons. The molecular weight excluding hydrogens is 326 g/mol. The number of aromatic nitrogens is 1. The quantitative estimate of drug-likeness (QED) is 0.752. The van der Waals surface area contributed by atoms with Gasteiger partial charge in [-0.3, -0.25) is 4.99 Å². The third-order valence-electron chi connectivity index (χ3n) is 4.99. The van der Waals surface area contributed by atoms with Crippen molar-refractivity contribution in [3.05, 3.63) is 70.9 Å². The minimum atomic E-state index is -1.00. The summed E-state index contributed by atoms with van der Waals surface area (Å²) in [6, 6.07) is 16.5. The molecule has 2 N–H and O–H groups in total. The Kier molecular flexibility index (Phi) is 4.21. The molecule has 3 aromatic rings. The Morgan fingerprint density at radius 3 is 2.73 bits per heavy atom. The first kappa shape index (κ1) is 16.4. The summed E-state index contributed by atoms with van der Waals surface area (Å²) >= 11 is 0. The summed E-state index contributed by atoms with van der Waals surface area (Å²) in [4.78, 5) is 15.6. The molecule has 0 bridgehead atoms. The van der Waals surface area contributed by atoms with E-state index in [4.69, 9.17) is 10.1 Å². The van der Waals surface area contributed by atoms with Gasteiger partial charge in [0.2, 0.25) is 0 Å². The van der Waals surface area contributed by atoms with Crippen molar-refractivity contribution in [3.8, 4) is 0 Å². The first-order valence-electron chi connectivity index (χ1n) is 8.78. The van der Waals surface area contributed by atoms with E-state index in [0.29, 0.717) is 13.1 Å². The average Bonchev–Trinajstić information content (AvgIpc) is 3.19. The van der Waals surface area contributed by atoms with E-state index in [2.05, 4.69) is 41.2 Å². The number of carboxylic acid groups (broad SMARTS) is 1. The number of aryl methyl sites for hydroxylation is 2. The number of fused-ring (bicyclic) bond motifs is 3. The molecule has 0 saturated carbocycles. The summed E-state index contributed by atoms with van der Waals surface area (Å²) < 4.78 is 2.22. The van der Waals surface area contributed by atoms with Crippen LogP contribution < -0.4 is 5.32 Å². The summed E-state index contributed by atoms with van der Waals surface area (Å²) in [6.45, 7) is 1.02. The summed E-state index contributed by atoms with van der Waals surface area (Å²) in [5.41, 5.74) is 7.07. The van der Waals surface area contributed by atoms with Crippen LogP contribution in [0.15, 0.2) is 53.5 Å². The van der Waals surface area contributed by atoms with Gasteiger partial charge in [-0.15, -0.1) is 0 Å². The van der Waals surface area contributed by atoms with E-state index in [1.165, 1.54) is 27.7 Å². The first-order chi connectivity index (χ1) is 12.6. The molecule has 0 unspecified atom stereocenters. The topological polar surface area (TPSA) is 66.6 Å². The van der Waals surface area contributed by atoms with Crippen molar-refractivity contribution in [2.45, 2.75) is 25.9 Å². The van der Waals surface area contributed by atoms with E-state index in [0.717, 1.165) is 24.1 Å². The molecular formula is C21H21N3O2. The highest BCUT2D eigenvalue weighted by atomic mass is 16.4.